The van der Waals surface area contributed by atoms with Crippen LogP contribution in [-0.2, 0) is 6.42 Å². The minimum atomic E-state index is 0.643. The molecule has 0 atom stereocenters. The van der Waals surface area contributed by atoms with Crippen LogP contribution in [0.2, 0.25) is 5.02 Å². The van der Waals surface area contributed by atoms with E-state index in [9.17, 15) is 0 Å². The van der Waals surface area contributed by atoms with E-state index < -0.39 is 0 Å². The van der Waals surface area contributed by atoms with Crippen molar-refractivity contribution in [3.05, 3.63) is 58.9 Å². The Labute approximate surface area is 153 Å². The van der Waals surface area contributed by atoms with Crippen molar-refractivity contribution in [2.45, 2.75) is 20.3 Å². The first-order valence-corrected chi connectivity index (χ1v) is 9.04. The number of halogens is 1. The predicted molar refractivity (Wildman–Crippen MR) is 102 cm³/mol. The van der Waals surface area contributed by atoms with E-state index in [1.807, 2.05) is 42.5 Å². The summed E-state index contributed by atoms with van der Waals surface area (Å²) in [4.78, 5) is 6.87. The van der Waals surface area contributed by atoms with Gasteiger partial charge >= 0.3 is 0 Å². The molecule has 1 heterocycles. The van der Waals surface area contributed by atoms with Crippen LogP contribution in [-0.4, -0.2) is 36.1 Å². The van der Waals surface area contributed by atoms with Gasteiger partial charge in [0.15, 0.2) is 11.5 Å². The smallest absolute Gasteiger partial charge is 0.199 e. The Bertz CT molecular complexity index is 810. The van der Waals surface area contributed by atoms with Gasteiger partial charge in [-0.05, 0) is 42.9 Å². The Morgan fingerprint density at radius 3 is 2.56 bits per heavy atom. The summed E-state index contributed by atoms with van der Waals surface area (Å²) < 4.78 is 11.7. The lowest BCUT2D eigenvalue weighted by atomic mass is 10.1. The second kappa shape index (κ2) is 8.37. The summed E-state index contributed by atoms with van der Waals surface area (Å²) in [6.07, 6.45) is 0.643. The molecule has 3 aromatic rings. The van der Waals surface area contributed by atoms with Crippen molar-refractivity contribution in [2.24, 2.45) is 0 Å². The lowest BCUT2D eigenvalue weighted by Gasteiger charge is -2.17. The topological polar surface area (TPSA) is 38.5 Å². The zero-order valence-corrected chi connectivity index (χ0v) is 15.4. The third-order valence-corrected chi connectivity index (χ3v) is 4.50. The number of fused-ring (bicyclic) bond motifs is 1. The summed E-state index contributed by atoms with van der Waals surface area (Å²) in [6.45, 7) is 7.98. The van der Waals surface area contributed by atoms with Crippen LogP contribution in [0.1, 0.15) is 25.3 Å². The molecule has 0 radical (unpaired) electrons. The highest BCUT2D eigenvalue weighted by molar-refractivity contribution is 6.30. The Hall–Kier alpha value is -2.04. The van der Waals surface area contributed by atoms with Crippen molar-refractivity contribution in [1.82, 2.24) is 9.88 Å². The molecule has 0 unspecified atom stereocenters. The molecule has 25 heavy (non-hydrogen) atoms. The number of likely N-dealkylation sites (N-methyl/N-ethyl adjacent to an activating group) is 1. The van der Waals surface area contributed by atoms with Gasteiger partial charge in [-0.1, -0.05) is 37.6 Å². The van der Waals surface area contributed by atoms with Gasteiger partial charge in [0.25, 0.3) is 0 Å². The van der Waals surface area contributed by atoms with E-state index in [4.69, 9.17) is 20.8 Å². The van der Waals surface area contributed by atoms with Crippen molar-refractivity contribution in [1.29, 1.82) is 0 Å². The van der Waals surface area contributed by atoms with E-state index in [1.54, 1.807) is 0 Å². The van der Waals surface area contributed by atoms with Gasteiger partial charge in [0.1, 0.15) is 17.9 Å². The molecule has 0 aliphatic rings. The highest BCUT2D eigenvalue weighted by atomic mass is 35.5. The molecule has 1 aromatic heterocycles. The summed E-state index contributed by atoms with van der Waals surface area (Å²) in [5, 5.41) is 0.729. The van der Waals surface area contributed by atoms with Crippen molar-refractivity contribution in [3.63, 3.8) is 0 Å². The summed E-state index contributed by atoms with van der Waals surface area (Å²) in [5.74, 6) is 1.51. The van der Waals surface area contributed by atoms with Crippen molar-refractivity contribution >= 4 is 22.7 Å². The van der Waals surface area contributed by atoms with Gasteiger partial charge < -0.3 is 14.1 Å². The minimum Gasteiger partial charge on any atom is -0.492 e. The third-order valence-electron chi connectivity index (χ3n) is 4.24. The van der Waals surface area contributed by atoms with E-state index in [0.29, 0.717) is 18.9 Å². The van der Waals surface area contributed by atoms with E-state index in [1.165, 1.54) is 0 Å². The van der Waals surface area contributed by atoms with Crippen LogP contribution in [0.15, 0.2) is 46.9 Å². The fourth-order valence-electron chi connectivity index (χ4n) is 2.73. The maximum Gasteiger partial charge on any atom is 0.199 e. The molecular weight excluding hydrogens is 336 g/mol. The lowest BCUT2D eigenvalue weighted by molar-refractivity contribution is 0.223. The average Bonchev–Trinajstić information content (AvgIpc) is 3.02. The Balaban J connectivity index is 1.65. The van der Waals surface area contributed by atoms with Crippen LogP contribution < -0.4 is 4.74 Å². The molecule has 0 bridgehead atoms. The number of rotatable bonds is 8. The summed E-state index contributed by atoms with van der Waals surface area (Å²) >= 11 is 5.92. The Morgan fingerprint density at radius 2 is 1.84 bits per heavy atom. The number of hydrogen-bond acceptors (Lipinski definition) is 4. The monoisotopic (exact) mass is 358 g/mol. The molecule has 0 amide bonds. The fraction of sp³-hybridized carbons (Fsp3) is 0.350. The second-order valence-corrected chi connectivity index (χ2v) is 6.35. The zero-order chi connectivity index (χ0) is 17.6. The van der Waals surface area contributed by atoms with Crippen molar-refractivity contribution in [2.75, 3.05) is 26.2 Å². The van der Waals surface area contributed by atoms with Crippen molar-refractivity contribution in [3.8, 4) is 5.75 Å². The van der Waals surface area contributed by atoms with Crippen LogP contribution >= 0.6 is 11.6 Å². The highest BCUT2D eigenvalue weighted by Gasteiger charge is 2.08. The van der Waals surface area contributed by atoms with Crippen LogP contribution in [0.3, 0.4) is 0 Å². The molecule has 132 valence electrons. The van der Waals surface area contributed by atoms with Gasteiger partial charge in [-0.3, -0.25) is 0 Å². The van der Waals surface area contributed by atoms with E-state index >= 15 is 0 Å². The predicted octanol–water partition coefficient (Wildman–Crippen LogP) is 4.79. The van der Waals surface area contributed by atoms with Crippen LogP contribution in [0.25, 0.3) is 11.1 Å². The summed E-state index contributed by atoms with van der Waals surface area (Å²) in [5.41, 5.74) is 2.72. The first-order chi connectivity index (χ1) is 12.2. The quantitative estimate of drug-likeness (QED) is 0.580. The van der Waals surface area contributed by atoms with E-state index in [-0.39, 0.29) is 0 Å². The number of hydrogen-bond donors (Lipinski definition) is 0. The lowest BCUT2D eigenvalue weighted by Crippen LogP contribution is -2.27. The van der Waals surface area contributed by atoms with Crippen LogP contribution in [0.5, 0.6) is 5.75 Å². The first kappa shape index (κ1) is 17.8. The third kappa shape index (κ3) is 4.74. The number of benzene rings is 2. The molecular formula is C20H23ClN2O2. The summed E-state index contributed by atoms with van der Waals surface area (Å²) in [6, 6.07) is 13.5. The van der Waals surface area contributed by atoms with Gasteiger partial charge in [0, 0.05) is 24.1 Å². The van der Waals surface area contributed by atoms with Gasteiger partial charge in [0.05, 0.1) is 0 Å². The van der Waals surface area contributed by atoms with Crippen LogP contribution in [0, 0.1) is 0 Å². The molecule has 4 nitrogen and oxygen atoms in total. The SMILES string of the molecule is CCN(CC)CCOc1ccc2nc(Cc3ccc(Cl)cc3)oc2c1. The van der Waals surface area contributed by atoms with Gasteiger partial charge in [0.2, 0.25) is 0 Å². The minimum absolute atomic E-state index is 0.643. The maximum absolute atomic E-state index is 5.92. The number of ether oxygens (including phenoxy) is 1. The molecule has 0 saturated heterocycles. The van der Waals surface area contributed by atoms with E-state index in [0.717, 1.165) is 47.1 Å². The number of oxazole rings is 1. The largest absolute Gasteiger partial charge is 0.492 e. The van der Waals surface area contributed by atoms with Gasteiger partial charge in [-0.25, -0.2) is 4.98 Å². The van der Waals surface area contributed by atoms with E-state index in [2.05, 4.69) is 23.7 Å². The molecule has 0 fully saturated rings. The molecule has 5 heteroatoms. The maximum atomic E-state index is 5.92. The van der Waals surface area contributed by atoms with Gasteiger partial charge in [-0.2, -0.15) is 0 Å². The molecule has 0 spiro atoms. The molecule has 0 N–H and O–H groups in total. The number of nitrogens with zero attached hydrogens (tertiary/aromatic N) is 2. The first-order valence-electron chi connectivity index (χ1n) is 8.67. The molecule has 0 aliphatic heterocycles. The molecule has 0 saturated carbocycles. The van der Waals surface area contributed by atoms with Gasteiger partial charge in [-0.15, -0.1) is 0 Å². The highest BCUT2D eigenvalue weighted by Crippen LogP contribution is 2.23. The van der Waals surface area contributed by atoms with Crippen LogP contribution in [0.4, 0.5) is 0 Å². The Kier molecular flexibility index (Phi) is 5.95. The number of aromatic nitrogens is 1. The second-order valence-electron chi connectivity index (χ2n) is 5.92. The molecule has 2 aromatic carbocycles. The average molecular weight is 359 g/mol. The zero-order valence-electron chi connectivity index (χ0n) is 14.7. The van der Waals surface area contributed by atoms with Crippen molar-refractivity contribution < 1.29 is 9.15 Å². The molecule has 0 aliphatic carbocycles. The fourth-order valence-corrected chi connectivity index (χ4v) is 2.85. The summed E-state index contributed by atoms with van der Waals surface area (Å²) in [7, 11) is 0. The normalized spacial score (nSPS) is 11.4. The standard InChI is InChI=1S/C20H23ClN2O2/c1-3-23(4-2)11-12-24-17-9-10-18-19(14-17)25-20(22-18)13-15-5-7-16(21)8-6-15/h5-10,14H,3-4,11-13H2,1-2H3. The Morgan fingerprint density at radius 1 is 1.08 bits per heavy atom. The molecule has 3 rings (SSSR count).